The third-order valence-electron chi connectivity index (χ3n) is 4.41. The van der Waals surface area contributed by atoms with E-state index in [9.17, 15) is 9.59 Å². The van der Waals surface area contributed by atoms with Crippen LogP contribution in [0.5, 0.6) is 5.75 Å². The first-order valence-corrected chi connectivity index (χ1v) is 8.68. The molecular weight excluding hydrogens is 340 g/mol. The minimum Gasteiger partial charge on any atom is -0.482 e. The zero-order valence-corrected chi connectivity index (χ0v) is 14.5. The van der Waals surface area contributed by atoms with Crippen molar-refractivity contribution in [1.29, 1.82) is 0 Å². The molecule has 1 aliphatic heterocycles. The molecular formula is C22H18N2O3. The number of ether oxygens (including phenoxy) is 1. The molecule has 0 atom stereocenters. The van der Waals surface area contributed by atoms with E-state index in [1.54, 1.807) is 18.2 Å². The third-order valence-corrected chi connectivity index (χ3v) is 4.41. The van der Waals surface area contributed by atoms with Gasteiger partial charge in [0, 0.05) is 11.8 Å². The Bertz CT molecular complexity index is 932. The Balaban J connectivity index is 1.62. The summed E-state index contributed by atoms with van der Waals surface area (Å²) in [5, 5.41) is 5.71. The highest BCUT2D eigenvalue weighted by Crippen LogP contribution is 2.32. The number of amides is 2. The first kappa shape index (κ1) is 16.8. The molecule has 134 valence electrons. The lowest BCUT2D eigenvalue weighted by atomic mass is 9.90. The van der Waals surface area contributed by atoms with Gasteiger partial charge in [0.1, 0.15) is 5.75 Å². The van der Waals surface area contributed by atoms with Gasteiger partial charge in [-0.05, 0) is 23.3 Å². The average Bonchev–Trinajstić information content (AvgIpc) is 2.70. The normalized spacial score (nSPS) is 12.7. The Morgan fingerprint density at radius 1 is 0.926 bits per heavy atom. The second-order valence-electron chi connectivity index (χ2n) is 6.29. The molecule has 0 radical (unpaired) electrons. The Morgan fingerprint density at radius 2 is 1.56 bits per heavy atom. The highest BCUT2D eigenvalue weighted by atomic mass is 16.5. The van der Waals surface area contributed by atoms with Crippen molar-refractivity contribution >= 4 is 23.2 Å². The van der Waals surface area contributed by atoms with Gasteiger partial charge in [0.05, 0.1) is 11.6 Å². The smallest absolute Gasteiger partial charge is 0.262 e. The Kier molecular flexibility index (Phi) is 4.58. The number of anilines is 2. The van der Waals surface area contributed by atoms with Gasteiger partial charge in [-0.25, -0.2) is 0 Å². The second kappa shape index (κ2) is 7.33. The summed E-state index contributed by atoms with van der Waals surface area (Å²) in [7, 11) is 0. The van der Waals surface area contributed by atoms with E-state index in [4.69, 9.17) is 4.74 Å². The van der Waals surface area contributed by atoms with Crippen molar-refractivity contribution in [3.05, 3.63) is 90.0 Å². The predicted molar refractivity (Wildman–Crippen MR) is 104 cm³/mol. The van der Waals surface area contributed by atoms with Gasteiger partial charge in [-0.2, -0.15) is 0 Å². The van der Waals surface area contributed by atoms with Crippen LogP contribution in [-0.2, 0) is 9.59 Å². The van der Waals surface area contributed by atoms with E-state index >= 15 is 0 Å². The summed E-state index contributed by atoms with van der Waals surface area (Å²) >= 11 is 0. The molecule has 2 amide bonds. The van der Waals surface area contributed by atoms with Gasteiger partial charge in [-0.1, -0.05) is 60.7 Å². The molecule has 27 heavy (non-hydrogen) atoms. The second-order valence-corrected chi connectivity index (χ2v) is 6.29. The number of nitrogens with one attached hydrogen (secondary N) is 2. The summed E-state index contributed by atoms with van der Waals surface area (Å²) < 4.78 is 5.42. The Hall–Kier alpha value is -3.60. The summed E-state index contributed by atoms with van der Waals surface area (Å²) in [6.07, 6.45) is 0. The maximum absolute atomic E-state index is 13.1. The summed E-state index contributed by atoms with van der Waals surface area (Å²) in [5.41, 5.74) is 3.06. The van der Waals surface area contributed by atoms with Crippen LogP contribution < -0.4 is 15.4 Å². The minimum absolute atomic E-state index is 0.0267. The van der Waals surface area contributed by atoms with Crippen LogP contribution in [0.4, 0.5) is 11.4 Å². The van der Waals surface area contributed by atoms with E-state index in [-0.39, 0.29) is 18.4 Å². The molecule has 0 aliphatic carbocycles. The van der Waals surface area contributed by atoms with Crippen LogP contribution >= 0.6 is 0 Å². The monoisotopic (exact) mass is 358 g/mol. The molecule has 0 saturated carbocycles. The first-order valence-electron chi connectivity index (χ1n) is 8.68. The molecule has 0 aromatic heterocycles. The molecule has 0 unspecified atom stereocenters. The average molecular weight is 358 g/mol. The van der Waals surface area contributed by atoms with Gasteiger partial charge < -0.3 is 15.4 Å². The molecule has 3 aromatic carbocycles. The number of rotatable bonds is 4. The Labute approximate surface area is 157 Å². The van der Waals surface area contributed by atoms with Gasteiger partial charge in [0.2, 0.25) is 5.91 Å². The largest absolute Gasteiger partial charge is 0.482 e. The molecule has 3 aromatic rings. The molecule has 4 rings (SSSR count). The number of benzene rings is 3. The number of carbonyl (C=O) groups excluding carboxylic acids is 2. The standard InChI is InChI=1S/C22H18N2O3/c25-20-14-27-19-13-17(11-12-18(19)24-20)23-22(26)21(15-7-3-1-4-8-15)16-9-5-2-6-10-16/h1-13,21H,14H2,(H,23,26)(H,24,25). The van der Waals surface area contributed by atoms with Crippen molar-refractivity contribution in [3.8, 4) is 5.75 Å². The van der Waals surface area contributed by atoms with E-state index in [0.29, 0.717) is 17.1 Å². The topological polar surface area (TPSA) is 67.4 Å². The van der Waals surface area contributed by atoms with E-state index in [0.717, 1.165) is 11.1 Å². The molecule has 0 bridgehead atoms. The molecule has 0 saturated heterocycles. The van der Waals surface area contributed by atoms with E-state index in [1.807, 2.05) is 60.7 Å². The van der Waals surface area contributed by atoms with Crippen molar-refractivity contribution in [2.75, 3.05) is 17.2 Å². The quantitative estimate of drug-likeness (QED) is 0.746. The summed E-state index contributed by atoms with van der Waals surface area (Å²) in [6.45, 7) is -0.0267. The van der Waals surface area contributed by atoms with Gasteiger partial charge in [-0.3, -0.25) is 9.59 Å². The van der Waals surface area contributed by atoms with E-state index in [2.05, 4.69) is 10.6 Å². The highest BCUT2D eigenvalue weighted by Gasteiger charge is 2.23. The van der Waals surface area contributed by atoms with Gasteiger partial charge >= 0.3 is 0 Å². The molecule has 5 heteroatoms. The SMILES string of the molecule is O=C1COc2cc(NC(=O)C(c3ccccc3)c3ccccc3)ccc2N1. The molecule has 5 nitrogen and oxygen atoms in total. The highest BCUT2D eigenvalue weighted by molar-refractivity contribution is 6.00. The maximum Gasteiger partial charge on any atom is 0.262 e. The van der Waals surface area contributed by atoms with Gasteiger partial charge in [0.15, 0.2) is 6.61 Å². The molecule has 1 aliphatic rings. The summed E-state index contributed by atoms with van der Waals surface area (Å²) in [4.78, 5) is 24.5. The number of hydrogen-bond acceptors (Lipinski definition) is 3. The van der Waals surface area contributed by atoms with Crippen LogP contribution in [-0.4, -0.2) is 18.4 Å². The van der Waals surface area contributed by atoms with Crippen LogP contribution in [0, 0.1) is 0 Å². The predicted octanol–water partition coefficient (Wildman–Crippen LogP) is 3.79. The fraction of sp³-hybridized carbons (Fsp3) is 0.0909. The maximum atomic E-state index is 13.1. The van der Waals surface area contributed by atoms with E-state index in [1.165, 1.54) is 0 Å². The number of hydrogen-bond donors (Lipinski definition) is 2. The molecule has 1 heterocycles. The van der Waals surface area contributed by atoms with Crippen LogP contribution in [0.1, 0.15) is 17.0 Å². The van der Waals surface area contributed by atoms with Crippen LogP contribution in [0.25, 0.3) is 0 Å². The van der Waals surface area contributed by atoms with Crippen molar-refractivity contribution in [3.63, 3.8) is 0 Å². The molecule has 2 N–H and O–H groups in total. The van der Waals surface area contributed by atoms with Crippen molar-refractivity contribution in [1.82, 2.24) is 0 Å². The summed E-state index contributed by atoms with van der Waals surface area (Å²) in [5.74, 6) is -0.202. The zero-order chi connectivity index (χ0) is 18.6. The fourth-order valence-corrected chi connectivity index (χ4v) is 3.15. The fourth-order valence-electron chi connectivity index (χ4n) is 3.15. The lowest BCUT2D eigenvalue weighted by Crippen LogP contribution is -2.26. The molecule has 0 fully saturated rings. The van der Waals surface area contributed by atoms with Crippen molar-refractivity contribution < 1.29 is 14.3 Å². The first-order chi connectivity index (χ1) is 13.2. The van der Waals surface area contributed by atoms with Crippen LogP contribution in [0.3, 0.4) is 0 Å². The lowest BCUT2D eigenvalue weighted by Gasteiger charge is -2.20. The van der Waals surface area contributed by atoms with E-state index < -0.39 is 5.92 Å². The lowest BCUT2D eigenvalue weighted by molar-refractivity contribution is -0.119. The third kappa shape index (κ3) is 3.67. The van der Waals surface area contributed by atoms with Gasteiger partial charge in [-0.15, -0.1) is 0 Å². The van der Waals surface area contributed by atoms with Crippen LogP contribution in [0.2, 0.25) is 0 Å². The van der Waals surface area contributed by atoms with Crippen LogP contribution in [0.15, 0.2) is 78.9 Å². The molecule has 0 spiro atoms. The van der Waals surface area contributed by atoms with Crippen molar-refractivity contribution in [2.24, 2.45) is 0 Å². The Morgan fingerprint density at radius 3 is 2.19 bits per heavy atom. The van der Waals surface area contributed by atoms with Gasteiger partial charge in [0.25, 0.3) is 5.91 Å². The number of fused-ring (bicyclic) bond motifs is 1. The minimum atomic E-state index is -0.427. The zero-order valence-electron chi connectivity index (χ0n) is 14.5. The summed E-state index contributed by atoms with van der Waals surface area (Å²) in [6, 6.07) is 24.5. The van der Waals surface area contributed by atoms with Crippen molar-refractivity contribution in [2.45, 2.75) is 5.92 Å². The number of carbonyl (C=O) groups is 2.